The number of aliphatic imine (C=N–C) groups is 1. The molecule has 1 amide bonds. The predicted octanol–water partition coefficient (Wildman–Crippen LogP) is 4.62. The molecule has 0 bridgehead atoms. The normalized spacial score (nSPS) is 18.2. The molecule has 0 aliphatic carbocycles. The summed E-state index contributed by atoms with van der Waals surface area (Å²) in [5.41, 5.74) is 1.43. The van der Waals surface area contributed by atoms with Crippen molar-refractivity contribution in [3.05, 3.63) is 63.2 Å². The number of amides is 1. The third-order valence-electron chi connectivity index (χ3n) is 3.12. The van der Waals surface area contributed by atoms with Gasteiger partial charge in [0.25, 0.3) is 5.91 Å². The third-order valence-corrected chi connectivity index (χ3v) is 4.75. The van der Waals surface area contributed by atoms with E-state index in [0.29, 0.717) is 25.8 Å². The summed E-state index contributed by atoms with van der Waals surface area (Å²) in [4.78, 5) is 22.9. The molecule has 1 aromatic carbocycles. The van der Waals surface area contributed by atoms with Gasteiger partial charge in [0.15, 0.2) is 5.17 Å². The number of amidine groups is 1. The summed E-state index contributed by atoms with van der Waals surface area (Å²) in [7, 11) is 1.69. The van der Waals surface area contributed by atoms with Crippen LogP contribution in [0.2, 0.25) is 10.0 Å². The van der Waals surface area contributed by atoms with E-state index in [1.54, 1.807) is 49.8 Å². The van der Waals surface area contributed by atoms with Crippen LogP contribution in [0.3, 0.4) is 0 Å². The minimum atomic E-state index is -0.122. The van der Waals surface area contributed by atoms with Crippen molar-refractivity contribution in [2.24, 2.45) is 4.99 Å². The summed E-state index contributed by atoms with van der Waals surface area (Å²) in [6.45, 7) is 0. The molecule has 0 saturated carbocycles. The van der Waals surface area contributed by atoms with Crippen LogP contribution >= 0.6 is 35.0 Å². The number of hydrogen-bond acceptors (Lipinski definition) is 4. The summed E-state index contributed by atoms with van der Waals surface area (Å²) in [5, 5.41) is 1.65. The molecular weight excluding hydrogens is 353 g/mol. The maximum absolute atomic E-state index is 12.4. The number of rotatable bonds is 2. The first-order valence-electron chi connectivity index (χ1n) is 6.66. The highest BCUT2D eigenvalue weighted by Crippen LogP contribution is 2.34. The first-order valence-corrected chi connectivity index (χ1v) is 8.23. The van der Waals surface area contributed by atoms with E-state index in [0.717, 1.165) is 5.56 Å². The fourth-order valence-corrected chi connectivity index (χ4v) is 3.38. The topological polar surface area (TPSA) is 45.6 Å². The lowest BCUT2D eigenvalue weighted by Crippen LogP contribution is -2.23. The molecule has 4 nitrogen and oxygen atoms in total. The highest BCUT2D eigenvalue weighted by Gasteiger charge is 2.30. The number of nitrogens with zero attached hydrogens (tertiary/aromatic N) is 3. The Kier molecular flexibility index (Phi) is 4.71. The summed E-state index contributed by atoms with van der Waals surface area (Å²) < 4.78 is 0. The first kappa shape index (κ1) is 16.1. The Morgan fingerprint density at radius 2 is 2.13 bits per heavy atom. The molecule has 0 N–H and O–H groups in total. The molecule has 1 fully saturated rings. The fourth-order valence-electron chi connectivity index (χ4n) is 1.94. The highest BCUT2D eigenvalue weighted by molar-refractivity contribution is 8.18. The van der Waals surface area contributed by atoms with Gasteiger partial charge >= 0.3 is 0 Å². The SMILES string of the molecule is CN1C(=O)/C(=C/c2ccc(Cl)cc2Cl)SC1=Nc1cccnc1. The maximum atomic E-state index is 12.4. The molecule has 0 radical (unpaired) electrons. The van der Waals surface area contributed by atoms with E-state index >= 15 is 0 Å². The lowest BCUT2D eigenvalue weighted by molar-refractivity contribution is -0.121. The smallest absolute Gasteiger partial charge is 0.266 e. The molecule has 1 saturated heterocycles. The third kappa shape index (κ3) is 3.58. The lowest BCUT2D eigenvalue weighted by Gasteiger charge is -2.06. The molecule has 0 unspecified atom stereocenters. The van der Waals surface area contributed by atoms with Crippen LogP contribution in [0.4, 0.5) is 5.69 Å². The zero-order valence-corrected chi connectivity index (χ0v) is 14.4. The van der Waals surface area contributed by atoms with Gasteiger partial charge in [0.2, 0.25) is 0 Å². The van der Waals surface area contributed by atoms with E-state index in [9.17, 15) is 4.79 Å². The van der Waals surface area contributed by atoms with Gasteiger partial charge in [0.05, 0.1) is 16.8 Å². The van der Waals surface area contributed by atoms with E-state index in [1.165, 1.54) is 16.7 Å². The van der Waals surface area contributed by atoms with Crippen LogP contribution in [0.25, 0.3) is 6.08 Å². The molecule has 23 heavy (non-hydrogen) atoms. The van der Waals surface area contributed by atoms with E-state index in [1.807, 2.05) is 6.07 Å². The Morgan fingerprint density at radius 3 is 2.83 bits per heavy atom. The van der Waals surface area contributed by atoms with Gasteiger partial charge in [0.1, 0.15) is 0 Å². The van der Waals surface area contributed by atoms with Crippen molar-refractivity contribution >= 4 is 57.8 Å². The van der Waals surface area contributed by atoms with Crippen molar-refractivity contribution in [3.8, 4) is 0 Å². The van der Waals surface area contributed by atoms with Gasteiger partial charge in [-0.1, -0.05) is 29.3 Å². The minimum Gasteiger partial charge on any atom is -0.290 e. The second-order valence-electron chi connectivity index (χ2n) is 4.75. The molecule has 0 spiro atoms. The number of carbonyl (C=O) groups is 1. The van der Waals surface area contributed by atoms with E-state index < -0.39 is 0 Å². The van der Waals surface area contributed by atoms with Crippen molar-refractivity contribution in [2.45, 2.75) is 0 Å². The second kappa shape index (κ2) is 6.74. The van der Waals surface area contributed by atoms with Gasteiger partial charge in [0, 0.05) is 23.3 Å². The van der Waals surface area contributed by atoms with E-state index in [4.69, 9.17) is 23.2 Å². The zero-order chi connectivity index (χ0) is 16.4. The molecule has 2 aromatic rings. The van der Waals surface area contributed by atoms with Gasteiger partial charge in [-0.2, -0.15) is 0 Å². The first-order chi connectivity index (χ1) is 11.0. The largest absolute Gasteiger partial charge is 0.290 e. The van der Waals surface area contributed by atoms with Crippen LogP contribution < -0.4 is 0 Å². The second-order valence-corrected chi connectivity index (χ2v) is 6.60. The van der Waals surface area contributed by atoms with Crippen LogP contribution in [0, 0.1) is 0 Å². The summed E-state index contributed by atoms with van der Waals surface area (Å²) >= 11 is 13.3. The Labute approximate surface area is 147 Å². The Balaban J connectivity index is 1.92. The monoisotopic (exact) mass is 363 g/mol. The van der Waals surface area contributed by atoms with Crippen molar-refractivity contribution in [1.82, 2.24) is 9.88 Å². The molecule has 7 heteroatoms. The summed E-state index contributed by atoms with van der Waals surface area (Å²) in [5.74, 6) is -0.122. The number of carbonyl (C=O) groups excluding carboxylic acids is 1. The van der Waals surface area contributed by atoms with Gasteiger partial charge < -0.3 is 0 Å². The van der Waals surface area contributed by atoms with Crippen LogP contribution in [-0.2, 0) is 4.79 Å². The number of thioether (sulfide) groups is 1. The maximum Gasteiger partial charge on any atom is 0.266 e. The van der Waals surface area contributed by atoms with E-state index in [-0.39, 0.29) is 5.91 Å². The Morgan fingerprint density at radius 1 is 1.30 bits per heavy atom. The van der Waals surface area contributed by atoms with Crippen molar-refractivity contribution < 1.29 is 4.79 Å². The predicted molar refractivity (Wildman–Crippen MR) is 96.1 cm³/mol. The van der Waals surface area contributed by atoms with E-state index in [2.05, 4.69) is 9.98 Å². The standard InChI is InChI=1S/C16H11Cl2N3OS/c1-21-15(22)14(7-10-4-5-11(17)8-13(10)18)23-16(21)20-12-3-2-6-19-9-12/h2-9H,1H3/b14-7-,20-16?. The van der Waals surface area contributed by atoms with Crippen LogP contribution in [0.15, 0.2) is 52.6 Å². The molecule has 0 atom stereocenters. The number of likely N-dealkylation sites (N-methyl/N-ethyl adjacent to an activating group) is 1. The Bertz CT molecular complexity index is 821. The van der Waals surface area contributed by atoms with Gasteiger partial charge in [-0.15, -0.1) is 0 Å². The average molecular weight is 364 g/mol. The molecule has 2 heterocycles. The number of benzene rings is 1. The summed E-state index contributed by atoms with van der Waals surface area (Å²) in [6.07, 6.45) is 5.06. The highest BCUT2D eigenvalue weighted by atomic mass is 35.5. The number of aromatic nitrogens is 1. The van der Waals surface area contributed by atoms with Crippen LogP contribution in [0.5, 0.6) is 0 Å². The Hall–Kier alpha value is -1.82. The van der Waals surface area contributed by atoms with Crippen molar-refractivity contribution in [3.63, 3.8) is 0 Å². The van der Waals surface area contributed by atoms with Crippen molar-refractivity contribution in [2.75, 3.05) is 7.05 Å². The zero-order valence-electron chi connectivity index (χ0n) is 12.0. The molecule has 1 aliphatic rings. The fraction of sp³-hybridized carbons (Fsp3) is 0.0625. The van der Waals surface area contributed by atoms with Crippen LogP contribution in [0.1, 0.15) is 5.56 Å². The number of halogens is 2. The van der Waals surface area contributed by atoms with Gasteiger partial charge in [-0.3, -0.25) is 14.7 Å². The van der Waals surface area contributed by atoms with Gasteiger partial charge in [-0.05, 0) is 47.7 Å². The van der Waals surface area contributed by atoms with Crippen molar-refractivity contribution in [1.29, 1.82) is 0 Å². The molecule has 1 aromatic heterocycles. The lowest BCUT2D eigenvalue weighted by atomic mass is 10.2. The minimum absolute atomic E-state index is 0.122. The molecule has 1 aliphatic heterocycles. The van der Waals surface area contributed by atoms with Crippen LogP contribution in [-0.4, -0.2) is 28.0 Å². The number of pyridine rings is 1. The molecular formula is C16H11Cl2N3OS. The number of hydrogen-bond donors (Lipinski definition) is 0. The molecule has 3 rings (SSSR count). The molecule has 116 valence electrons. The van der Waals surface area contributed by atoms with Gasteiger partial charge in [-0.25, -0.2) is 4.99 Å². The average Bonchev–Trinajstić information content (AvgIpc) is 2.79. The quantitative estimate of drug-likeness (QED) is 0.731. The summed E-state index contributed by atoms with van der Waals surface area (Å²) in [6, 6.07) is 8.79.